The van der Waals surface area contributed by atoms with Crippen molar-refractivity contribution in [3.63, 3.8) is 0 Å². The summed E-state index contributed by atoms with van der Waals surface area (Å²) in [5, 5.41) is 0. The van der Waals surface area contributed by atoms with E-state index in [0.29, 0.717) is 38.4 Å². The molecule has 6 nitrogen and oxygen atoms in total. The SMILES string of the molecule is NC[C@H]1CCC[C@H]1C(=O)N1CCC(NS(=O)(=O)c2ccccc2)CC1. The van der Waals surface area contributed by atoms with E-state index < -0.39 is 10.0 Å². The zero-order valence-corrected chi connectivity index (χ0v) is 15.2. The number of rotatable bonds is 5. The number of carbonyl (C=O) groups is 1. The van der Waals surface area contributed by atoms with Crippen molar-refractivity contribution in [1.29, 1.82) is 0 Å². The maximum absolute atomic E-state index is 12.7. The lowest BCUT2D eigenvalue weighted by molar-refractivity contribution is -0.137. The maximum atomic E-state index is 12.7. The van der Waals surface area contributed by atoms with Gasteiger partial charge in [-0.05, 0) is 50.3 Å². The van der Waals surface area contributed by atoms with Gasteiger partial charge in [-0.15, -0.1) is 0 Å². The van der Waals surface area contributed by atoms with E-state index in [2.05, 4.69) is 4.72 Å². The first-order valence-electron chi connectivity index (χ1n) is 9.07. The van der Waals surface area contributed by atoms with Crippen LogP contribution in [0.4, 0.5) is 0 Å². The largest absolute Gasteiger partial charge is 0.342 e. The molecule has 2 aliphatic rings. The van der Waals surface area contributed by atoms with Crippen molar-refractivity contribution < 1.29 is 13.2 Å². The molecular weight excluding hydrogens is 338 g/mol. The van der Waals surface area contributed by atoms with E-state index >= 15 is 0 Å². The first-order chi connectivity index (χ1) is 12.0. The normalized spacial score (nSPS) is 25.2. The summed E-state index contributed by atoms with van der Waals surface area (Å²) >= 11 is 0. The Hall–Kier alpha value is -1.44. The minimum atomic E-state index is -3.50. The maximum Gasteiger partial charge on any atom is 0.240 e. The standard InChI is InChI=1S/C18H27N3O3S/c19-13-14-5-4-8-17(14)18(22)21-11-9-15(10-12-21)20-25(23,24)16-6-2-1-3-7-16/h1-3,6-7,14-15,17,20H,4-5,8-13,19H2/t14-,17-/m1/s1. The minimum Gasteiger partial charge on any atom is -0.342 e. The van der Waals surface area contributed by atoms with Crippen LogP contribution in [0.25, 0.3) is 0 Å². The Labute approximate surface area is 149 Å². The molecule has 0 radical (unpaired) electrons. The summed E-state index contributed by atoms with van der Waals surface area (Å²) in [5.41, 5.74) is 5.79. The summed E-state index contributed by atoms with van der Waals surface area (Å²) in [5.74, 6) is 0.571. The molecule has 7 heteroatoms. The van der Waals surface area contributed by atoms with Gasteiger partial charge in [0.1, 0.15) is 0 Å². The Morgan fingerprint density at radius 2 is 1.80 bits per heavy atom. The zero-order chi connectivity index (χ0) is 17.9. The molecule has 138 valence electrons. The third-order valence-electron chi connectivity index (χ3n) is 5.46. The van der Waals surface area contributed by atoms with Gasteiger partial charge < -0.3 is 10.6 Å². The predicted octanol–water partition coefficient (Wildman–Crippen LogP) is 1.33. The van der Waals surface area contributed by atoms with Gasteiger partial charge in [-0.2, -0.15) is 0 Å². The van der Waals surface area contributed by atoms with Crippen molar-refractivity contribution in [1.82, 2.24) is 9.62 Å². The Morgan fingerprint density at radius 3 is 2.44 bits per heavy atom. The Kier molecular flexibility index (Phi) is 5.76. The van der Waals surface area contributed by atoms with Crippen LogP contribution in [-0.4, -0.2) is 44.9 Å². The van der Waals surface area contributed by atoms with Gasteiger partial charge in [0, 0.05) is 25.0 Å². The molecule has 1 amide bonds. The summed E-state index contributed by atoms with van der Waals surface area (Å²) in [6, 6.07) is 8.28. The van der Waals surface area contributed by atoms with Crippen LogP contribution in [0.1, 0.15) is 32.1 Å². The van der Waals surface area contributed by atoms with Crippen molar-refractivity contribution in [3.05, 3.63) is 30.3 Å². The number of likely N-dealkylation sites (tertiary alicyclic amines) is 1. The molecule has 2 atom stereocenters. The first-order valence-corrected chi connectivity index (χ1v) is 10.6. The van der Waals surface area contributed by atoms with Crippen molar-refractivity contribution in [2.24, 2.45) is 17.6 Å². The quantitative estimate of drug-likeness (QED) is 0.823. The predicted molar refractivity (Wildman–Crippen MR) is 96.3 cm³/mol. The Morgan fingerprint density at radius 1 is 1.12 bits per heavy atom. The number of nitrogens with two attached hydrogens (primary N) is 1. The summed E-state index contributed by atoms with van der Waals surface area (Å²) in [6.45, 7) is 1.78. The van der Waals surface area contributed by atoms with E-state index in [9.17, 15) is 13.2 Å². The van der Waals surface area contributed by atoms with Crippen molar-refractivity contribution >= 4 is 15.9 Å². The second-order valence-corrected chi connectivity index (χ2v) is 8.78. The van der Waals surface area contributed by atoms with E-state index in [-0.39, 0.29) is 22.8 Å². The number of amides is 1. The van der Waals surface area contributed by atoms with Crippen LogP contribution in [0.2, 0.25) is 0 Å². The number of nitrogens with zero attached hydrogens (tertiary/aromatic N) is 1. The van der Waals surface area contributed by atoms with Crippen LogP contribution in [-0.2, 0) is 14.8 Å². The molecule has 0 unspecified atom stereocenters. The second kappa shape index (κ2) is 7.85. The molecule has 0 aromatic heterocycles. The molecule has 1 aromatic rings. The van der Waals surface area contributed by atoms with E-state index in [0.717, 1.165) is 19.3 Å². The molecular formula is C18H27N3O3S. The number of carbonyl (C=O) groups excluding carboxylic acids is 1. The molecule has 0 bridgehead atoms. The highest BCUT2D eigenvalue weighted by molar-refractivity contribution is 7.89. The monoisotopic (exact) mass is 365 g/mol. The molecule has 1 saturated carbocycles. The lowest BCUT2D eigenvalue weighted by Crippen LogP contribution is -2.48. The van der Waals surface area contributed by atoms with Gasteiger partial charge in [0.25, 0.3) is 0 Å². The van der Waals surface area contributed by atoms with Crippen LogP contribution in [0, 0.1) is 11.8 Å². The molecule has 0 spiro atoms. The minimum absolute atomic E-state index is 0.0579. The van der Waals surface area contributed by atoms with Gasteiger partial charge in [-0.3, -0.25) is 4.79 Å². The van der Waals surface area contributed by atoms with Crippen LogP contribution in [0.3, 0.4) is 0 Å². The van der Waals surface area contributed by atoms with Crippen molar-refractivity contribution in [2.45, 2.75) is 43.0 Å². The average molecular weight is 365 g/mol. The number of benzene rings is 1. The molecule has 1 aliphatic heterocycles. The lowest BCUT2D eigenvalue weighted by Gasteiger charge is -2.34. The van der Waals surface area contributed by atoms with E-state index in [1.807, 2.05) is 4.90 Å². The Balaban J connectivity index is 1.54. The van der Waals surface area contributed by atoms with Gasteiger partial charge in [-0.1, -0.05) is 24.6 Å². The third-order valence-corrected chi connectivity index (χ3v) is 7.00. The topological polar surface area (TPSA) is 92.5 Å². The molecule has 1 heterocycles. The molecule has 1 aliphatic carbocycles. The fourth-order valence-electron chi connectivity index (χ4n) is 3.98. The lowest BCUT2D eigenvalue weighted by atomic mass is 9.93. The third kappa shape index (κ3) is 4.22. The van der Waals surface area contributed by atoms with Crippen molar-refractivity contribution in [3.8, 4) is 0 Å². The highest BCUT2D eigenvalue weighted by Gasteiger charge is 2.36. The van der Waals surface area contributed by atoms with Crippen molar-refractivity contribution in [2.75, 3.05) is 19.6 Å². The fourth-order valence-corrected chi connectivity index (χ4v) is 5.31. The number of sulfonamides is 1. The van der Waals surface area contributed by atoms with E-state index in [1.54, 1.807) is 30.3 Å². The average Bonchev–Trinajstić information content (AvgIpc) is 3.11. The first kappa shape index (κ1) is 18.4. The number of hydrogen-bond acceptors (Lipinski definition) is 4. The fraction of sp³-hybridized carbons (Fsp3) is 0.611. The highest BCUT2D eigenvalue weighted by atomic mass is 32.2. The van der Waals surface area contributed by atoms with Crippen LogP contribution in [0.15, 0.2) is 35.2 Å². The van der Waals surface area contributed by atoms with Gasteiger partial charge >= 0.3 is 0 Å². The number of nitrogens with one attached hydrogen (secondary N) is 1. The molecule has 1 saturated heterocycles. The number of hydrogen-bond donors (Lipinski definition) is 2. The molecule has 1 aromatic carbocycles. The molecule has 3 N–H and O–H groups in total. The van der Waals surface area contributed by atoms with Gasteiger partial charge in [0.05, 0.1) is 4.90 Å². The smallest absolute Gasteiger partial charge is 0.240 e. The van der Waals surface area contributed by atoms with Crippen LogP contribution >= 0.6 is 0 Å². The summed E-state index contributed by atoms with van der Waals surface area (Å²) in [6.07, 6.45) is 4.35. The summed E-state index contributed by atoms with van der Waals surface area (Å²) in [4.78, 5) is 14.9. The van der Waals surface area contributed by atoms with Crippen LogP contribution < -0.4 is 10.5 Å². The van der Waals surface area contributed by atoms with E-state index in [1.165, 1.54) is 0 Å². The number of piperidine rings is 1. The highest BCUT2D eigenvalue weighted by Crippen LogP contribution is 2.33. The summed E-state index contributed by atoms with van der Waals surface area (Å²) in [7, 11) is -3.50. The van der Waals surface area contributed by atoms with E-state index in [4.69, 9.17) is 5.73 Å². The molecule has 25 heavy (non-hydrogen) atoms. The summed E-state index contributed by atoms with van der Waals surface area (Å²) < 4.78 is 27.6. The van der Waals surface area contributed by atoms with Gasteiger partial charge in [0.2, 0.25) is 15.9 Å². The zero-order valence-electron chi connectivity index (χ0n) is 14.4. The Bertz CT molecular complexity index is 685. The molecule has 2 fully saturated rings. The van der Waals surface area contributed by atoms with Gasteiger partial charge in [0.15, 0.2) is 0 Å². The second-order valence-electron chi connectivity index (χ2n) is 7.07. The molecule has 3 rings (SSSR count). The van der Waals surface area contributed by atoms with Crippen LogP contribution in [0.5, 0.6) is 0 Å². The van der Waals surface area contributed by atoms with Gasteiger partial charge in [-0.25, -0.2) is 13.1 Å².